The fourth-order valence-electron chi connectivity index (χ4n) is 4.34. The number of nitrogens with one attached hydrogen (secondary N) is 1. The third-order valence-corrected chi connectivity index (χ3v) is 5.74. The summed E-state index contributed by atoms with van der Waals surface area (Å²) in [5.74, 6) is 0. The Morgan fingerprint density at radius 1 is 0.742 bits per heavy atom. The standard InChI is InChI=1S/C25H20N4O2/c1-28-22-21(23(30)27-24(28)31)29(17-26-22)25(18-11-5-2-6-12-18,19-13-7-3-8-14-19)20-15-9-4-10-16-20/h2-17H,1H3,(H,27,30,31). The Balaban J connectivity index is 2.02. The monoisotopic (exact) mass is 408 g/mol. The molecule has 0 amide bonds. The number of hydrogen-bond donors (Lipinski definition) is 1. The van der Waals surface area contributed by atoms with Crippen molar-refractivity contribution in [2.24, 2.45) is 7.05 Å². The van der Waals surface area contributed by atoms with Gasteiger partial charge in [-0.15, -0.1) is 0 Å². The lowest BCUT2D eigenvalue weighted by Gasteiger charge is -2.37. The van der Waals surface area contributed by atoms with Gasteiger partial charge in [-0.2, -0.15) is 0 Å². The summed E-state index contributed by atoms with van der Waals surface area (Å²) >= 11 is 0. The second kappa shape index (κ2) is 7.25. The Bertz CT molecular complexity index is 1370. The van der Waals surface area contributed by atoms with Crippen molar-refractivity contribution in [2.45, 2.75) is 5.54 Å². The van der Waals surface area contributed by atoms with E-state index >= 15 is 0 Å². The van der Waals surface area contributed by atoms with Crippen LogP contribution < -0.4 is 11.2 Å². The van der Waals surface area contributed by atoms with Crippen molar-refractivity contribution in [3.8, 4) is 0 Å². The van der Waals surface area contributed by atoms with Gasteiger partial charge in [0.2, 0.25) is 0 Å². The molecular formula is C25H20N4O2. The smallest absolute Gasteiger partial charge is 0.306 e. The summed E-state index contributed by atoms with van der Waals surface area (Å²) in [5, 5.41) is 0. The van der Waals surface area contributed by atoms with Crippen molar-refractivity contribution < 1.29 is 0 Å². The summed E-state index contributed by atoms with van der Waals surface area (Å²) in [6, 6.07) is 30.0. The van der Waals surface area contributed by atoms with Crippen LogP contribution in [0.1, 0.15) is 16.7 Å². The normalized spacial score (nSPS) is 11.6. The van der Waals surface area contributed by atoms with Crippen LogP contribution >= 0.6 is 0 Å². The lowest BCUT2D eigenvalue weighted by Crippen LogP contribution is -2.39. The number of benzene rings is 3. The van der Waals surface area contributed by atoms with E-state index in [1.165, 1.54) is 4.57 Å². The van der Waals surface area contributed by atoms with Crippen molar-refractivity contribution in [1.82, 2.24) is 19.1 Å². The van der Waals surface area contributed by atoms with Gasteiger partial charge in [0.1, 0.15) is 5.54 Å². The van der Waals surface area contributed by atoms with Gasteiger partial charge >= 0.3 is 5.69 Å². The zero-order valence-corrected chi connectivity index (χ0v) is 16.9. The first-order chi connectivity index (χ1) is 15.1. The van der Waals surface area contributed by atoms with Gasteiger partial charge in [-0.1, -0.05) is 91.0 Å². The van der Waals surface area contributed by atoms with Crippen LogP contribution in [0.25, 0.3) is 11.2 Å². The highest BCUT2D eigenvalue weighted by atomic mass is 16.2. The Morgan fingerprint density at radius 2 is 1.19 bits per heavy atom. The number of rotatable bonds is 4. The van der Waals surface area contributed by atoms with Crippen molar-refractivity contribution in [3.05, 3.63) is 135 Å². The summed E-state index contributed by atoms with van der Waals surface area (Å²) in [7, 11) is 1.60. The summed E-state index contributed by atoms with van der Waals surface area (Å²) < 4.78 is 3.24. The predicted molar refractivity (Wildman–Crippen MR) is 120 cm³/mol. The third-order valence-electron chi connectivity index (χ3n) is 5.74. The average Bonchev–Trinajstić information content (AvgIpc) is 3.27. The quantitative estimate of drug-likeness (QED) is 0.464. The summed E-state index contributed by atoms with van der Waals surface area (Å²) in [4.78, 5) is 32.1. The van der Waals surface area contributed by atoms with E-state index in [-0.39, 0.29) is 0 Å². The van der Waals surface area contributed by atoms with Crippen LogP contribution in [0.5, 0.6) is 0 Å². The van der Waals surface area contributed by atoms with Gasteiger partial charge in [-0.05, 0) is 16.7 Å². The molecule has 31 heavy (non-hydrogen) atoms. The molecule has 1 N–H and O–H groups in total. The van der Waals surface area contributed by atoms with E-state index in [9.17, 15) is 9.59 Å². The molecule has 0 spiro atoms. The zero-order chi connectivity index (χ0) is 21.4. The number of fused-ring (bicyclic) bond motifs is 1. The molecule has 0 bridgehead atoms. The Kier molecular flexibility index (Phi) is 4.40. The average molecular weight is 408 g/mol. The van der Waals surface area contributed by atoms with Crippen LogP contribution in [0.3, 0.4) is 0 Å². The van der Waals surface area contributed by atoms with Gasteiger partial charge in [0.25, 0.3) is 5.56 Å². The molecule has 6 heteroatoms. The zero-order valence-electron chi connectivity index (χ0n) is 16.9. The van der Waals surface area contributed by atoms with Crippen LogP contribution in [0.15, 0.2) is 107 Å². The molecule has 2 aromatic heterocycles. The molecule has 0 atom stereocenters. The summed E-state index contributed by atoms with van der Waals surface area (Å²) in [6.07, 6.45) is 1.65. The van der Waals surface area contributed by atoms with Gasteiger partial charge < -0.3 is 4.57 Å². The van der Waals surface area contributed by atoms with Gasteiger partial charge in [0.15, 0.2) is 11.2 Å². The molecule has 0 aliphatic rings. The number of H-pyrrole nitrogens is 1. The van der Waals surface area contributed by atoms with E-state index in [4.69, 9.17) is 0 Å². The van der Waals surface area contributed by atoms with E-state index in [1.807, 2.05) is 95.6 Å². The number of imidazole rings is 1. The number of aryl methyl sites for hydroxylation is 1. The highest BCUT2D eigenvalue weighted by molar-refractivity contribution is 5.72. The largest absolute Gasteiger partial charge is 0.329 e. The minimum atomic E-state index is -0.872. The molecule has 2 heterocycles. The number of hydrogen-bond acceptors (Lipinski definition) is 3. The molecule has 6 nitrogen and oxygen atoms in total. The highest BCUT2D eigenvalue weighted by Crippen LogP contribution is 2.41. The summed E-state index contributed by atoms with van der Waals surface area (Å²) in [5.41, 5.74) is 1.75. The van der Waals surface area contributed by atoms with Crippen molar-refractivity contribution >= 4 is 11.2 Å². The molecule has 0 unspecified atom stereocenters. The van der Waals surface area contributed by atoms with Gasteiger partial charge in [-0.3, -0.25) is 14.3 Å². The van der Waals surface area contributed by atoms with E-state index in [0.29, 0.717) is 11.2 Å². The molecule has 5 aromatic rings. The Hall–Kier alpha value is -4.19. The predicted octanol–water partition coefficient (Wildman–Crippen LogP) is 3.26. The van der Waals surface area contributed by atoms with Gasteiger partial charge in [0.05, 0.1) is 6.33 Å². The SMILES string of the molecule is Cn1c(=O)[nH]c(=O)c2c1ncn2C(c1ccccc1)(c1ccccc1)c1ccccc1. The first-order valence-electron chi connectivity index (χ1n) is 9.97. The Labute approximate surface area is 178 Å². The van der Waals surface area contributed by atoms with Crippen LogP contribution in [0.4, 0.5) is 0 Å². The minimum Gasteiger partial charge on any atom is -0.306 e. The van der Waals surface area contributed by atoms with Gasteiger partial charge in [0, 0.05) is 7.05 Å². The molecular weight excluding hydrogens is 388 g/mol. The Morgan fingerprint density at radius 3 is 1.65 bits per heavy atom. The maximum Gasteiger partial charge on any atom is 0.329 e. The molecule has 0 fully saturated rings. The molecule has 0 saturated carbocycles. The second-order valence-electron chi connectivity index (χ2n) is 7.41. The number of aromatic nitrogens is 4. The molecule has 0 aliphatic carbocycles. The molecule has 3 aromatic carbocycles. The van der Waals surface area contributed by atoms with E-state index in [0.717, 1.165) is 16.7 Å². The van der Waals surface area contributed by atoms with Crippen molar-refractivity contribution in [1.29, 1.82) is 0 Å². The molecule has 0 aliphatic heterocycles. The lowest BCUT2D eigenvalue weighted by molar-refractivity contribution is 0.528. The van der Waals surface area contributed by atoms with Crippen LogP contribution in [-0.4, -0.2) is 19.1 Å². The van der Waals surface area contributed by atoms with Crippen molar-refractivity contribution in [3.63, 3.8) is 0 Å². The number of aromatic amines is 1. The first kappa shape index (κ1) is 18.8. The molecule has 5 rings (SSSR count). The van der Waals surface area contributed by atoms with Crippen LogP contribution in [0, 0.1) is 0 Å². The van der Waals surface area contributed by atoms with E-state index in [2.05, 4.69) is 9.97 Å². The minimum absolute atomic E-state index is 0.332. The van der Waals surface area contributed by atoms with Crippen LogP contribution in [0.2, 0.25) is 0 Å². The molecule has 0 saturated heterocycles. The van der Waals surface area contributed by atoms with E-state index in [1.54, 1.807) is 13.4 Å². The fourth-order valence-corrected chi connectivity index (χ4v) is 4.34. The lowest BCUT2D eigenvalue weighted by atomic mass is 9.76. The molecule has 0 radical (unpaired) electrons. The highest BCUT2D eigenvalue weighted by Gasteiger charge is 2.40. The molecule has 152 valence electrons. The third kappa shape index (κ3) is 2.76. The van der Waals surface area contributed by atoms with Crippen molar-refractivity contribution in [2.75, 3.05) is 0 Å². The first-order valence-corrected chi connectivity index (χ1v) is 9.97. The van der Waals surface area contributed by atoms with Gasteiger partial charge in [-0.25, -0.2) is 9.78 Å². The summed E-state index contributed by atoms with van der Waals surface area (Å²) in [6.45, 7) is 0. The maximum absolute atomic E-state index is 13.0. The van der Waals surface area contributed by atoms with Crippen LogP contribution in [-0.2, 0) is 12.6 Å². The number of nitrogens with zero attached hydrogens (tertiary/aromatic N) is 3. The van der Waals surface area contributed by atoms with E-state index < -0.39 is 16.8 Å². The fraction of sp³-hybridized carbons (Fsp3) is 0.0800. The maximum atomic E-state index is 13.0. The topological polar surface area (TPSA) is 72.7 Å². The second-order valence-corrected chi connectivity index (χ2v) is 7.41.